The Morgan fingerprint density at radius 3 is 2.50 bits per heavy atom. The minimum absolute atomic E-state index is 0.0135. The summed E-state index contributed by atoms with van der Waals surface area (Å²) in [5.41, 5.74) is 0.159. The standard InChI is InChI=1S/C33H43F3N4O4/c1-20-15-23-22(10-11-27-24(23)18-38-40(27)28-9-7-8-13-43-28)30(39(20)19-33(5,6)36)29-25(34)16-21(17-26(29)35)42-14-12-37-31(41)44-32(2,3)4/h10-11,16-18,20,28,30H,7-9,12-15,19H2,1-6H3,(H,37,41)/t20-,28?,30+/m1/s1. The van der Waals surface area contributed by atoms with Crippen molar-refractivity contribution < 1.29 is 32.2 Å². The number of hydrogen-bond donors (Lipinski definition) is 1. The Morgan fingerprint density at radius 1 is 1.14 bits per heavy atom. The van der Waals surface area contributed by atoms with Gasteiger partial charge in [-0.15, -0.1) is 0 Å². The fourth-order valence-corrected chi connectivity index (χ4v) is 6.22. The van der Waals surface area contributed by atoms with E-state index in [0.29, 0.717) is 13.0 Å². The number of fused-ring (bicyclic) bond motifs is 3. The number of halogens is 3. The predicted molar refractivity (Wildman–Crippen MR) is 162 cm³/mol. The first-order chi connectivity index (χ1) is 20.7. The van der Waals surface area contributed by atoms with E-state index in [1.54, 1.807) is 27.0 Å². The smallest absolute Gasteiger partial charge is 0.407 e. The van der Waals surface area contributed by atoms with Gasteiger partial charge in [-0.1, -0.05) is 6.07 Å². The van der Waals surface area contributed by atoms with Crippen molar-refractivity contribution in [3.8, 4) is 5.75 Å². The highest BCUT2D eigenvalue weighted by Crippen LogP contribution is 2.44. The van der Waals surface area contributed by atoms with Crippen LogP contribution in [0.25, 0.3) is 10.9 Å². The molecule has 1 N–H and O–H groups in total. The van der Waals surface area contributed by atoms with Crippen molar-refractivity contribution >= 4 is 17.0 Å². The van der Waals surface area contributed by atoms with E-state index in [4.69, 9.17) is 14.2 Å². The molecule has 3 heterocycles. The molecule has 2 aromatic carbocycles. The molecular weight excluding hydrogens is 573 g/mol. The number of nitrogens with zero attached hydrogens (tertiary/aromatic N) is 3. The van der Waals surface area contributed by atoms with E-state index in [1.165, 1.54) is 13.8 Å². The van der Waals surface area contributed by atoms with Crippen LogP contribution in [0.1, 0.15) is 89.8 Å². The summed E-state index contributed by atoms with van der Waals surface area (Å²) in [6.07, 6.45) is 4.57. The number of ether oxygens (including phenoxy) is 3. The van der Waals surface area contributed by atoms with Gasteiger partial charge in [-0.2, -0.15) is 5.10 Å². The zero-order chi connectivity index (χ0) is 31.8. The molecule has 1 unspecified atom stereocenters. The summed E-state index contributed by atoms with van der Waals surface area (Å²) in [5.74, 6) is -1.60. The van der Waals surface area contributed by atoms with E-state index in [9.17, 15) is 4.79 Å². The summed E-state index contributed by atoms with van der Waals surface area (Å²) in [4.78, 5) is 13.7. The van der Waals surface area contributed by atoms with Gasteiger partial charge in [-0.25, -0.2) is 22.6 Å². The average molecular weight is 617 g/mol. The van der Waals surface area contributed by atoms with Crippen LogP contribution in [0, 0.1) is 11.6 Å². The molecule has 2 aliphatic heterocycles. The summed E-state index contributed by atoms with van der Waals surface area (Å²) in [6, 6.07) is 5.01. The van der Waals surface area contributed by atoms with Crippen molar-refractivity contribution in [2.45, 2.75) is 96.8 Å². The molecule has 8 nitrogen and oxygen atoms in total. The number of hydrogen-bond acceptors (Lipinski definition) is 6. The van der Waals surface area contributed by atoms with Gasteiger partial charge in [0.15, 0.2) is 6.23 Å². The van der Waals surface area contributed by atoms with Crippen LogP contribution in [0.5, 0.6) is 5.75 Å². The van der Waals surface area contributed by atoms with Crippen molar-refractivity contribution in [1.29, 1.82) is 0 Å². The molecule has 3 aromatic rings. The van der Waals surface area contributed by atoms with Crippen molar-refractivity contribution in [1.82, 2.24) is 20.0 Å². The monoisotopic (exact) mass is 616 g/mol. The third-order valence-electron chi connectivity index (χ3n) is 7.97. The van der Waals surface area contributed by atoms with Gasteiger partial charge in [0.05, 0.1) is 24.3 Å². The normalized spacial score (nSPS) is 21.2. The van der Waals surface area contributed by atoms with Crippen molar-refractivity contribution in [3.63, 3.8) is 0 Å². The summed E-state index contributed by atoms with van der Waals surface area (Å²) in [7, 11) is 0. The molecule has 1 aromatic heterocycles. The third-order valence-corrected chi connectivity index (χ3v) is 7.97. The van der Waals surface area contributed by atoms with Gasteiger partial charge in [0.25, 0.3) is 0 Å². The maximum absolute atomic E-state index is 15.9. The Labute approximate surface area is 256 Å². The molecule has 0 saturated carbocycles. The first-order valence-electron chi connectivity index (χ1n) is 15.4. The van der Waals surface area contributed by atoms with Gasteiger partial charge in [0, 0.05) is 42.3 Å². The molecule has 1 fully saturated rings. The Bertz CT molecular complexity index is 1470. The fourth-order valence-electron chi connectivity index (χ4n) is 6.22. The van der Waals surface area contributed by atoms with Gasteiger partial charge in [0.1, 0.15) is 35.3 Å². The number of alkyl halides is 1. The highest BCUT2D eigenvalue weighted by Gasteiger charge is 2.40. The molecule has 0 spiro atoms. The first-order valence-corrected chi connectivity index (χ1v) is 15.4. The maximum Gasteiger partial charge on any atom is 0.407 e. The molecule has 240 valence electrons. The number of amides is 1. The fraction of sp³-hybridized carbons (Fsp3) is 0.576. The molecule has 1 saturated heterocycles. The summed E-state index contributed by atoms with van der Waals surface area (Å²) < 4.78 is 65.7. The Balaban J connectivity index is 1.46. The van der Waals surface area contributed by atoms with Crippen molar-refractivity contribution in [3.05, 3.63) is 58.8 Å². The number of carbonyl (C=O) groups is 1. The van der Waals surface area contributed by atoms with Gasteiger partial charge in [0.2, 0.25) is 0 Å². The van der Waals surface area contributed by atoms with Crippen LogP contribution < -0.4 is 10.1 Å². The molecule has 2 aliphatic rings. The number of nitrogens with one attached hydrogen (secondary N) is 1. The lowest BCUT2D eigenvalue weighted by Crippen LogP contribution is -2.48. The zero-order valence-corrected chi connectivity index (χ0v) is 26.4. The Kier molecular flexibility index (Phi) is 9.18. The number of alkyl carbamates (subject to hydrolysis) is 1. The summed E-state index contributed by atoms with van der Waals surface area (Å²) in [5, 5.41) is 8.12. The second-order valence-corrected chi connectivity index (χ2v) is 13.4. The van der Waals surface area contributed by atoms with E-state index in [0.717, 1.165) is 53.4 Å². The van der Waals surface area contributed by atoms with Gasteiger partial charge in [-0.05, 0) is 84.4 Å². The molecule has 0 radical (unpaired) electrons. The molecule has 3 atom stereocenters. The quantitative estimate of drug-likeness (QED) is 0.275. The third kappa shape index (κ3) is 7.15. The van der Waals surface area contributed by atoms with E-state index in [1.807, 2.05) is 28.6 Å². The largest absolute Gasteiger partial charge is 0.492 e. The van der Waals surface area contributed by atoms with Gasteiger partial charge in [-0.3, -0.25) is 4.90 Å². The zero-order valence-electron chi connectivity index (χ0n) is 26.4. The van der Waals surface area contributed by atoms with Crippen LogP contribution in [0.15, 0.2) is 30.5 Å². The number of carbonyl (C=O) groups excluding carboxylic acids is 1. The van der Waals surface area contributed by atoms with Crippen LogP contribution in [0.4, 0.5) is 18.0 Å². The molecule has 5 rings (SSSR count). The molecule has 1 amide bonds. The van der Waals surface area contributed by atoms with Gasteiger partial charge >= 0.3 is 6.09 Å². The van der Waals surface area contributed by atoms with Crippen molar-refractivity contribution in [2.24, 2.45) is 0 Å². The lowest BCUT2D eigenvalue weighted by Gasteiger charge is -2.44. The summed E-state index contributed by atoms with van der Waals surface area (Å²) in [6.45, 7) is 10.9. The Hall–Kier alpha value is -3.31. The highest BCUT2D eigenvalue weighted by molar-refractivity contribution is 5.84. The van der Waals surface area contributed by atoms with E-state index >= 15 is 13.2 Å². The average Bonchev–Trinajstić information content (AvgIpc) is 3.36. The van der Waals surface area contributed by atoms with Crippen LogP contribution in [0.2, 0.25) is 0 Å². The second kappa shape index (κ2) is 12.6. The van der Waals surface area contributed by atoms with E-state index in [2.05, 4.69) is 10.4 Å². The van der Waals surface area contributed by atoms with Gasteiger partial charge < -0.3 is 19.5 Å². The highest BCUT2D eigenvalue weighted by atomic mass is 19.1. The minimum Gasteiger partial charge on any atom is -0.492 e. The lowest BCUT2D eigenvalue weighted by molar-refractivity contribution is -0.0366. The SMILES string of the molecule is C[C@@H]1Cc2c(ccc3c2cnn3C2CCCCO2)[C@@H](c2c(F)cc(OCCNC(=O)OC(C)(C)C)cc2F)N1CC(C)(C)F. The van der Waals surface area contributed by atoms with E-state index < -0.39 is 35.0 Å². The van der Waals surface area contributed by atoms with E-state index in [-0.39, 0.29) is 43.3 Å². The number of benzene rings is 2. The molecule has 44 heavy (non-hydrogen) atoms. The minimum atomic E-state index is -1.60. The maximum atomic E-state index is 15.9. The topological polar surface area (TPSA) is 77.8 Å². The molecule has 0 aliphatic carbocycles. The number of aromatic nitrogens is 2. The summed E-state index contributed by atoms with van der Waals surface area (Å²) >= 11 is 0. The predicted octanol–water partition coefficient (Wildman–Crippen LogP) is 7.00. The first kappa shape index (κ1) is 32.1. The second-order valence-electron chi connectivity index (χ2n) is 13.4. The van der Waals surface area contributed by atoms with Crippen LogP contribution in [0.3, 0.4) is 0 Å². The number of rotatable bonds is 8. The Morgan fingerprint density at radius 2 is 1.86 bits per heavy atom. The molecular formula is C33H43F3N4O4. The van der Waals surface area contributed by atoms with Crippen molar-refractivity contribution in [2.75, 3.05) is 26.3 Å². The van der Waals surface area contributed by atoms with Crippen LogP contribution in [-0.2, 0) is 15.9 Å². The van der Waals surface area contributed by atoms with Crippen LogP contribution in [-0.4, -0.2) is 64.4 Å². The van der Waals surface area contributed by atoms with Crippen LogP contribution >= 0.6 is 0 Å². The molecule has 11 heteroatoms. The lowest BCUT2D eigenvalue weighted by atomic mass is 9.82. The molecule has 0 bridgehead atoms.